The molecule has 2 fully saturated rings. The van der Waals surface area contributed by atoms with Crippen molar-refractivity contribution in [3.8, 4) is 0 Å². The van der Waals surface area contributed by atoms with Crippen LogP contribution in [0.1, 0.15) is 32.6 Å². The maximum absolute atomic E-state index is 11.6. The van der Waals surface area contributed by atoms with E-state index in [2.05, 4.69) is 5.32 Å². The summed E-state index contributed by atoms with van der Waals surface area (Å²) in [5, 5.41) is 3.55. The van der Waals surface area contributed by atoms with Gasteiger partial charge >= 0.3 is 0 Å². The van der Waals surface area contributed by atoms with Crippen molar-refractivity contribution in [2.45, 2.75) is 38.6 Å². The second kappa shape index (κ2) is 5.02. The average Bonchev–Trinajstić information content (AvgIpc) is 3.11. The molecule has 1 heterocycles. The highest BCUT2D eigenvalue weighted by molar-refractivity contribution is 7.89. The van der Waals surface area contributed by atoms with Crippen molar-refractivity contribution in [2.75, 3.05) is 25.4 Å². The van der Waals surface area contributed by atoms with Crippen molar-refractivity contribution in [3.05, 3.63) is 0 Å². The highest BCUT2D eigenvalue weighted by Gasteiger charge is 2.28. The van der Waals surface area contributed by atoms with Crippen molar-refractivity contribution in [3.63, 3.8) is 0 Å². The maximum Gasteiger partial charge on any atom is 0.213 e. The molecule has 0 amide bonds. The first-order valence-electron chi connectivity index (χ1n) is 6.33. The Kier molecular flexibility index (Phi) is 3.87. The van der Waals surface area contributed by atoms with Crippen LogP contribution in [0.25, 0.3) is 0 Å². The van der Waals surface area contributed by atoms with E-state index in [1.165, 1.54) is 12.8 Å². The topological polar surface area (TPSA) is 49.4 Å². The summed E-state index contributed by atoms with van der Waals surface area (Å²) >= 11 is 0. The zero-order valence-corrected chi connectivity index (χ0v) is 10.8. The van der Waals surface area contributed by atoms with Crippen LogP contribution in [-0.2, 0) is 10.0 Å². The van der Waals surface area contributed by atoms with Crippen LogP contribution in [0.2, 0.25) is 0 Å². The largest absolute Gasteiger partial charge is 0.314 e. The normalized spacial score (nSPS) is 24.8. The van der Waals surface area contributed by atoms with E-state index in [4.69, 9.17) is 0 Å². The van der Waals surface area contributed by atoms with Gasteiger partial charge in [0.1, 0.15) is 0 Å². The minimum Gasteiger partial charge on any atom is -0.314 e. The molecule has 2 rings (SSSR count). The third-order valence-corrected chi connectivity index (χ3v) is 5.49. The molecule has 1 saturated heterocycles. The van der Waals surface area contributed by atoms with E-state index in [-0.39, 0.29) is 5.75 Å². The van der Waals surface area contributed by atoms with Crippen molar-refractivity contribution in [1.82, 2.24) is 9.62 Å². The van der Waals surface area contributed by atoms with Gasteiger partial charge in [-0.3, -0.25) is 0 Å². The number of hydrogen-bond acceptors (Lipinski definition) is 3. The molecule has 0 aromatic carbocycles. The van der Waals surface area contributed by atoms with Crippen LogP contribution in [0.3, 0.4) is 0 Å². The summed E-state index contributed by atoms with van der Waals surface area (Å²) in [6.45, 7) is 4.23. The zero-order valence-electron chi connectivity index (χ0n) is 9.98. The molecule has 0 aromatic heterocycles. The van der Waals surface area contributed by atoms with E-state index in [0.29, 0.717) is 19.1 Å². The zero-order chi connectivity index (χ0) is 11.6. The van der Waals surface area contributed by atoms with Crippen LogP contribution < -0.4 is 5.32 Å². The Hall–Kier alpha value is -0.130. The van der Waals surface area contributed by atoms with Crippen LogP contribution in [0, 0.1) is 5.92 Å². The van der Waals surface area contributed by atoms with Gasteiger partial charge in [0.25, 0.3) is 0 Å². The van der Waals surface area contributed by atoms with Crippen molar-refractivity contribution >= 4 is 10.0 Å². The summed E-state index contributed by atoms with van der Waals surface area (Å²) in [6, 6.07) is 0.531. The van der Waals surface area contributed by atoms with Gasteiger partial charge in [0.2, 0.25) is 10.0 Å². The molecular formula is C11H22N2O2S. The Labute approximate surface area is 98.4 Å². The summed E-state index contributed by atoms with van der Waals surface area (Å²) in [5.41, 5.74) is 0. The molecule has 0 bridgehead atoms. The van der Waals surface area contributed by atoms with Gasteiger partial charge in [0, 0.05) is 19.1 Å². The van der Waals surface area contributed by atoms with Gasteiger partial charge in [0.05, 0.1) is 5.75 Å². The lowest BCUT2D eigenvalue weighted by atomic mass is 10.1. The summed E-state index contributed by atoms with van der Waals surface area (Å²) in [7, 11) is -2.96. The summed E-state index contributed by atoms with van der Waals surface area (Å²) in [5.74, 6) is 1.13. The molecule has 0 atom stereocenters. The summed E-state index contributed by atoms with van der Waals surface area (Å²) in [6.07, 6.45) is 4.67. The Morgan fingerprint density at radius 3 is 2.31 bits per heavy atom. The van der Waals surface area contributed by atoms with E-state index in [1.54, 1.807) is 11.2 Å². The molecule has 1 N–H and O–H groups in total. The van der Waals surface area contributed by atoms with E-state index >= 15 is 0 Å². The van der Waals surface area contributed by atoms with Gasteiger partial charge in [0.15, 0.2) is 0 Å². The quantitative estimate of drug-likeness (QED) is 0.780. The van der Waals surface area contributed by atoms with Gasteiger partial charge < -0.3 is 5.32 Å². The smallest absolute Gasteiger partial charge is 0.213 e. The Morgan fingerprint density at radius 2 is 1.81 bits per heavy atom. The van der Waals surface area contributed by atoms with Crippen LogP contribution in [-0.4, -0.2) is 44.2 Å². The molecular weight excluding hydrogens is 224 g/mol. The van der Waals surface area contributed by atoms with E-state index < -0.39 is 10.0 Å². The molecule has 5 heteroatoms. The van der Waals surface area contributed by atoms with Crippen LogP contribution >= 0.6 is 0 Å². The molecule has 1 aliphatic heterocycles. The maximum atomic E-state index is 11.6. The average molecular weight is 246 g/mol. The predicted molar refractivity (Wildman–Crippen MR) is 64.8 cm³/mol. The Morgan fingerprint density at radius 1 is 1.19 bits per heavy atom. The fourth-order valence-electron chi connectivity index (χ4n) is 2.18. The first-order chi connectivity index (χ1) is 7.62. The SMILES string of the molecule is CCS(=O)(=O)N1CCC(NCC2CC2)CC1. The first-order valence-corrected chi connectivity index (χ1v) is 7.94. The third kappa shape index (κ3) is 3.18. The summed E-state index contributed by atoms with van der Waals surface area (Å²) in [4.78, 5) is 0. The predicted octanol–water partition coefficient (Wildman–Crippen LogP) is 0.800. The highest BCUT2D eigenvalue weighted by atomic mass is 32.2. The first kappa shape index (κ1) is 12.3. The van der Waals surface area contributed by atoms with Gasteiger partial charge in [-0.15, -0.1) is 0 Å². The Bertz CT molecular complexity index is 317. The van der Waals surface area contributed by atoms with Crippen LogP contribution in [0.5, 0.6) is 0 Å². The molecule has 1 saturated carbocycles. The van der Waals surface area contributed by atoms with Crippen molar-refractivity contribution in [1.29, 1.82) is 0 Å². The molecule has 0 unspecified atom stereocenters. The molecule has 16 heavy (non-hydrogen) atoms. The van der Waals surface area contributed by atoms with E-state index in [9.17, 15) is 8.42 Å². The minimum absolute atomic E-state index is 0.229. The second-order valence-electron chi connectivity index (χ2n) is 4.93. The second-order valence-corrected chi connectivity index (χ2v) is 7.18. The van der Waals surface area contributed by atoms with Gasteiger partial charge in [-0.25, -0.2) is 12.7 Å². The molecule has 4 nitrogen and oxygen atoms in total. The molecule has 0 radical (unpaired) electrons. The van der Waals surface area contributed by atoms with Gasteiger partial charge in [-0.1, -0.05) is 0 Å². The molecule has 94 valence electrons. The van der Waals surface area contributed by atoms with Gasteiger partial charge in [-0.05, 0) is 45.1 Å². The monoisotopic (exact) mass is 246 g/mol. The molecule has 0 aromatic rings. The number of sulfonamides is 1. The van der Waals surface area contributed by atoms with E-state index in [0.717, 1.165) is 25.3 Å². The molecule has 0 spiro atoms. The lowest BCUT2D eigenvalue weighted by molar-refractivity contribution is 0.288. The Balaban J connectivity index is 1.73. The number of nitrogens with zero attached hydrogens (tertiary/aromatic N) is 1. The van der Waals surface area contributed by atoms with Crippen molar-refractivity contribution < 1.29 is 8.42 Å². The van der Waals surface area contributed by atoms with Crippen LogP contribution in [0.4, 0.5) is 0 Å². The van der Waals surface area contributed by atoms with E-state index in [1.807, 2.05) is 0 Å². The van der Waals surface area contributed by atoms with Gasteiger partial charge in [-0.2, -0.15) is 0 Å². The number of rotatable bonds is 5. The lowest BCUT2D eigenvalue weighted by Gasteiger charge is -2.31. The van der Waals surface area contributed by atoms with Crippen molar-refractivity contribution in [2.24, 2.45) is 5.92 Å². The standard InChI is InChI=1S/C11H22N2O2S/c1-2-16(14,15)13-7-5-11(6-8-13)12-9-10-3-4-10/h10-12H,2-9H2,1H3. The number of hydrogen-bond donors (Lipinski definition) is 1. The number of nitrogens with one attached hydrogen (secondary N) is 1. The molecule has 2 aliphatic rings. The molecule has 1 aliphatic carbocycles. The highest BCUT2D eigenvalue weighted by Crippen LogP contribution is 2.28. The third-order valence-electron chi connectivity index (χ3n) is 3.60. The minimum atomic E-state index is -2.96. The van der Waals surface area contributed by atoms with Crippen LogP contribution in [0.15, 0.2) is 0 Å². The number of piperidine rings is 1. The summed E-state index contributed by atoms with van der Waals surface area (Å²) < 4.78 is 24.9. The fourth-order valence-corrected chi connectivity index (χ4v) is 3.31. The fraction of sp³-hybridized carbons (Fsp3) is 1.00. The lowest BCUT2D eigenvalue weighted by Crippen LogP contribution is -2.45.